The second-order valence-corrected chi connectivity index (χ2v) is 3.74. The fraction of sp³-hybridized carbons (Fsp3) is 0.250. The summed E-state index contributed by atoms with van der Waals surface area (Å²) in [4.78, 5) is 0. The molecule has 2 heterocycles. The highest BCUT2D eigenvalue weighted by Gasteiger charge is 2.23. The maximum absolute atomic E-state index is 5.62. The molecule has 2 aromatic rings. The summed E-state index contributed by atoms with van der Waals surface area (Å²) >= 11 is 0. The van der Waals surface area contributed by atoms with Gasteiger partial charge in [-0.2, -0.15) is 5.10 Å². The number of ether oxygens (including phenoxy) is 1. The maximum atomic E-state index is 5.62. The van der Waals surface area contributed by atoms with Crippen LogP contribution in [-0.4, -0.2) is 16.8 Å². The fourth-order valence-corrected chi connectivity index (χ4v) is 2.13. The number of para-hydroxylation sites is 1. The second-order valence-electron chi connectivity index (χ2n) is 3.74. The normalized spacial score (nSPS) is 19.3. The van der Waals surface area contributed by atoms with Crippen molar-refractivity contribution >= 4 is 0 Å². The van der Waals surface area contributed by atoms with Gasteiger partial charge in [0.1, 0.15) is 5.75 Å². The third-order valence-electron chi connectivity index (χ3n) is 2.86. The van der Waals surface area contributed by atoms with Crippen molar-refractivity contribution < 1.29 is 4.74 Å². The van der Waals surface area contributed by atoms with Crippen molar-refractivity contribution in [3.05, 3.63) is 47.8 Å². The minimum atomic E-state index is 0.400. The molecule has 15 heavy (non-hydrogen) atoms. The zero-order valence-electron chi connectivity index (χ0n) is 8.31. The van der Waals surface area contributed by atoms with Crippen LogP contribution in [0.15, 0.2) is 36.5 Å². The maximum Gasteiger partial charge on any atom is 0.123 e. The number of nitrogens with one attached hydrogen (secondary N) is 1. The second kappa shape index (κ2) is 3.42. The van der Waals surface area contributed by atoms with E-state index in [0.717, 1.165) is 18.8 Å². The Morgan fingerprint density at radius 3 is 3.07 bits per heavy atom. The number of aromatic amines is 1. The minimum absolute atomic E-state index is 0.400. The van der Waals surface area contributed by atoms with Crippen molar-refractivity contribution in [1.29, 1.82) is 0 Å². The molecule has 1 aliphatic rings. The van der Waals surface area contributed by atoms with Gasteiger partial charge in [0, 0.05) is 23.4 Å². The third kappa shape index (κ3) is 1.40. The van der Waals surface area contributed by atoms with Crippen LogP contribution in [0.3, 0.4) is 0 Å². The molecule has 0 amide bonds. The highest BCUT2D eigenvalue weighted by atomic mass is 16.5. The summed E-state index contributed by atoms with van der Waals surface area (Å²) in [6, 6.07) is 10.2. The molecule has 3 nitrogen and oxygen atoms in total. The molecule has 1 N–H and O–H groups in total. The molecule has 0 fully saturated rings. The molecule has 0 saturated heterocycles. The minimum Gasteiger partial charge on any atom is -0.493 e. The van der Waals surface area contributed by atoms with Gasteiger partial charge in [-0.05, 0) is 18.6 Å². The molecule has 1 aliphatic heterocycles. The van der Waals surface area contributed by atoms with Crippen molar-refractivity contribution in [2.45, 2.75) is 12.3 Å². The molecule has 3 heteroatoms. The topological polar surface area (TPSA) is 37.9 Å². The average Bonchev–Trinajstić information content (AvgIpc) is 2.82. The number of H-pyrrole nitrogens is 1. The molecule has 3 rings (SSSR count). The van der Waals surface area contributed by atoms with Gasteiger partial charge in [-0.1, -0.05) is 18.2 Å². The summed E-state index contributed by atoms with van der Waals surface area (Å²) < 4.78 is 5.62. The van der Waals surface area contributed by atoms with Crippen molar-refractivity contribution in [3.63, 3.8) is 0 Å². The number of fused-ring (bicyclic) bond motifs is 1. The molecular formula is C12H12N2O. The van der Waals surface area contributed by atoms with Gasteiger partial charge in [0.15, 0.2) is 0 Å². The van der Waals surface area contributed by atoms with Gasteiger partial charge in [0.2, 0.25) is 0 Å². The Morgan fingerprint density at radius 2 is 2.20 bits per heavy atom. The van der Waals surface area contributed by atoms with E-state index in [1.165, 1.54) is 11.3 Å². The lowest BCUT2D eigenvalue weighted by atomic mass is 9.90. The molecule has 0 spiro atoms. The lowest BCUT2D eigenvalue weighted by molar-refractivity contribution is 0.276. The van der Waals surface area contributed by atoms with Gasteiger partial charge < -0.3 is 4.74 Å². The van der Waals surface area contributed by atoms with E-state index in [4.69, 9.17) is 4.74 Å². The Kier molecular flexibility index (Phi) is 1.95. The van der Waals surface area contributed by atoms with E-state index in [-0.39, 0.29) is 0 Å². The number of hydrogen-bond donors (Lipinski definition) is 1. The first-order valence-corrected chi connectivity index (χ1v) is 5.16. The summed E-state index contributed by atoms with van der Waals surface area (Å²) in [6.07, 6.45) is 2.81. The molecule has 76 valence electrons. The molecule has 0 radical (unpaired) electrons. The molecule has 1 atom stereocenters. The predicted octanol–water partition coefficient (Wildman–Crippen LogP) is 2.32. The SMILES string of the molecule is c1ccc2c(c1)OCCC2c1ccn[nH]1. The van der Waals surface area contributed by atoms with Crippen LogP contribution in [0.5, 0.6) is 5.75 Å². The molecule has 0 aliphatic carbocycles. The molecule has 1 aromatic heterocycles. The summed E-state index contributed by atoms with van der Waals surface area (Å²) in [5.41, 5.74) is 2.43. The summed E-state index contributed by atoms with van der Waals surface area (Å²) in [6.45, 7) is 0.778. The van der Waals surface area contributed by atoms with Crippen LogP contribution in [-0.2, 0) is 0 Å². The Hall–Kier alpha value is -1.77. The van der Waals surface area contributed by atoms with Crippen molar-refractivity contribution in [3.8, 4) is 5.75 Å². The van der Waals surface area contributed by atoms with Gasteiger partial charge in [-0.25, -0.2) is 0 Å². The van der Waals surface area contributed by atoms with Gasteiger partial charge >= 0.3 is 0 Å². The van der Waals surface area contributed by atoms with E-state index in [0.29, 0.717) is 5.92 Å². The Bertz CT molecular complexity index is 450. The van der Waals surface area contributed by atoms with Crippen LogP contribution in [0.4, 0.5) is 0 Å². The van der Waals surface area contributed by atoms with Crippen molar-refractivity contribution in [2.24, 2.45) is 0 Å². The zero-order chi connectivity index (χ0) is 10.1. The van der Waals surface area contributed by atoms with Gasteiger partial charge in [-0.3, -0.25) is 5.10 Å². The molecular weight excluding hydrogens is 188 g/mol. The van der Waals surface area contributed by atoms with E-state index < -0.39 is 0 Å². The fourth-order valence-electron chi connectivity index (χ4n) is 2.13. The van der Waals surface area contributed by atoms with E-state index in [2.05, 4.69) is 22.3 Å². The smallest absolute Gasteiger partial charge is 0.123 e. The molecule has 1 aromatic carbocycles. The van der Waals surface area contributed by atoms with E-state index in [9.17, 15) is 0 Å². The van der Waals surface area contributed by atoms with Gasteiger partial charge in [0.05, 0.1) is 6.61 Å². The first kappa shape index (κ1) is 8.53. The van der Waals surface area contributed by atoms with Crippen LogP contribution in [0.2, 0.25) is 0 Å². The zero-order valence-corrected chi connectivity index (χ0v) is 8.31. The average molecular weight is 200 g/mol. The van der Waals surface area contributed by atoms with E-state index in [1.807, 2.05) is 18.2 Å². The Balaban J connectivity index is 2.06. The lowest BCUT2D eigenvalue weighted by Gasteiger charge is -2.24. The number of benzene rings is 1. The first-order chi connectivity index (χ1) is 7.45. The van der Waals surface area contributed by atoms with Gasteiger partial charge in [0.25, 0.3) is 0 Å². The number of hydrogen-bond acceptors (Lipinski definition) is 2. The van der Waals surface area contributed by atoms with Crippen molar-refractivity contribution in [2.75, 3.05) is 6.61 Å². The Labute approximate surface area is 88.1 Å². The van der Waals surface area contributed by atoms with Crippen LogP contribution in [0.25, 0.3) is 0 Å². The van der Waals surface area contributed by atoms with E-state index in [1.54, 1.807) is 6.20 Å². The monoisotopic (exact) mass is 200 g/mol. The Morgan fingerprint density at radius 1 is 1.27 bits per heavy atom. The van der Waals surface area contributed by atoms with Crippen LogP contribution in [0.1, 0.15) is 23.6 Å². The van der Waals surface area contributed by atoms with Gasteiger partial charge in [-0.15, -0.1) is 0 Å². The number of rotatable bonds is 1. The van der Waals surface area contributed by atoms with Crippen LogP contribution >= 0.6 is 0 Å². The summed E-state index contributed by atoms with van der Waals surface area (Å²) in [5.74, 6) is 1.40. The lowest BCUT2D eigenvalue weighted by Crippen LogP contribution is -2.15. The van der Waals surface area contributed by atoms with Crippen molar-refractivity contribution in [1.82, 2.24) is 10.2 Å². The highest BCUT2D eigenvalue weighted by Crippen LogP contribution is 2.36. The summed E-state index contributed by atoms with van der Waals surface area (Å²) in [5, 5.41) is 7.05. The number of aromatic nitrogens is 2. The standard InChI is InChI=1S/C12H12N2O/c1-2-4-12-10(3-1)9(6-8-15-12)11-5-7-13-14-11/h1-5,7,9H,6,8H2,(H,13,14). The number of nitrogens with zero attached hydrogens (tertiary/aromatic N) is 1. The first-order valence-electron chi connectivity index (χ1n) is 5.16. The largest absolute Gasteiger partial charge is 0.493 e. The molecule has 0 bridgehead atoms. The quantitative estimate of drug-likeness (QED) is 0.767. The van der Waals surface area contributed by atoms with Crippen LogP contribution < -0.4 is 4.74 Å². The molecule has 0 saturated carbocycles. The predicted molar refractivity (Wildman–Crippen MR) is 57.0 cm³/mol. The third-order valence-corrected chi connectivity index (χ3v) is 2.86. The molecule has 1 unspecified atom stereocenters. The highest BCUT2D eigenvalue weighted by molar-refractivity contribution is 5.41. The summed E-state index contributed by atoms with van der Waals surface area (Å²) in [7, 11) is 0. The van der Waals surface area contributed by atoms with Crippen LogP contribution in [0, 0.1) is 0 Å². The van der Waals surface area contributed by atoms with E-state index >= 15 is 0 Å².